The fourth-order valence-electron chi connectivity index (χ4n) is 5.79. The molecule has 5 rings (SSSR count). The Kier molecular flexibility index (Phi) is 6.95. The molecule has 2 fully saturated rings. The molecular formula is C28H33N3O2S. The summed E-state index contributed by atoms with van der Waals surface area (Å²) in [5, 5.41) is 13.8. The van der Waals surface area contributed by atoms with Crippen molar-refractivity contribution in [3.8, 4) is 11.3 Å². The quantitative estimate of drug-likeness (QED) is 0.276. The molecule has 2 aliphatic carbocycles. The van der Waals surface area contributed by atoms with Crippen LogP contribution in [0.25, 0.3) is 11.3 Å². The first-order valence-corrected chi connectivity index (χ1v) is 13.6. The number of hydrogen-bond acceptors (Lipinski definition) is 4. The second kappa shape index (κ2) is 10.3. The van der Waals surface area contributed by atoms with Crippen LogP contribution in [-0.4, -0.2) is 9.49 Å². The third kappa shape index (κ3) is 4.74. The molecule has 2 aromatic carbocycles. The van der Waals surface area contributed by atoms with Gasteiger partial charge in [-0.25, -0.2) is 4.99 Å². The zero-order valence-electron chi connectivity index (χ0n) is 19.9. The molecule has 0 saturated heterocycles. The summed E-state index contributed by atoms with van der Waals surface area (Å²) in [6.45, 7) is 2.33. The van der Waals surface area contributed by atoms with Crippen molar-refractivity contribution >= 4 is 22.7 Å². The van der Waals surface area contributed by atoms with E-state index in [1.165, 1.54) is 74.3 Å². The van der Waals surface area contributed by atoms with Crippen LogP contribution in [0.2, 0.25) is 0 Å². The monoisotopic (exact) mass is 475 g/mol. The van der Waals surface area contributed by atoms with Crippen molar-refractivity contribution in [1.29, 1.82) is 0 Å². The summed E-state index contributed by atoms with van der Waals surface area (Å²) in [4.78, 5) is 16.9. The molecule has 1 heterocycles. The van der Waals surface area contributed by atoms with Crippen LogP contribution in [0.1, 0.15) is 82.2 Å². The zero-order chi connectivity index (χ0) is 23.5. The molecule has 2 saturated carbocycles. The molecule has 0 radical (unpaired) electrons. The molecule has 6 heteroatoms. The van der Waals surface area contributed by atoms with Gasteiger partial charge in [0, 0.05) is 17.5 Å². The third-order valence-corrected chi connectivity index (χ3v) is 8.56. The van der Waals surface area contributed by atoms with E-state index in [4.69, 9.17) is 4.99 Å². The summed E-state index contributed by atoms with van der Waals surface area (Å²) >= 11 is 1.59. The van der Waals surface area contributed by atoms with Crippen molar-refractivity contribution < 1.29 is 4.92 Å². The van der Waals surface area contributed by atoms with E-state index in [2.05, 4.69) is 41.1 Å². The number of rotatable bonds is 5. The minimum Gasteiger partial charge on any atom is -0.313 e. The van der Waals surface area contributed by atoms with Gasteiger partial charge >= 0.3 is 0 Å². The number of nitro benzene ring substituents is 1. The second-order valence-corrected chi connectivity index (χ2v) is 10.8. The van der Waals surface area contributed by atoms with Gasteiger partial charge in [0.25, 0.3) is 5.69 Å². The fourth-order valence-corrected chi connectivity index (χ4v) is 6.76. The van der Waals surface area contributed by atoms with Gasteiger partial charge in [-0.05, 0) is 54.7 Å². The van der Waals surface area contributed by atoms with E-state index in [0.717, 1.165) is 11.2 Å². The first kappa shape index (κ1) is 23.0. The number of nitrogens with zero attached hydrogens (tertiary/aromatic N) is 3. The number of para-hydroxylation sites is 2. The number of aromatic nitrogens is 1. The van der Waals surface area contributed by atoms with Crippen LogP contribution in [0, 0.1) is 16.0 Å². The van der Waals surface area contributed by atoms with Crippen LogP contribution in [0.15, 0.2) is 58.9 Å². The first-order valence-electron chi connectivity index (χ1n) is 12.7. The van der Waals surface area contributed by atoms with E-state index in [9.17, 15) is 10.1 Å². The Bertz CT molecular complexity index is 1200. The summed E-state index contributed by atoms with van der Waals surface area (Å²) in [6.07, 6.45) is 11.5. The van der Waals surface area contributed by atoms with Gasteiger partial charge in [-0.2, -0.15) is 0 Å². The van der Waals surface area contributed by atoms with Crippen LogP contribution in [0.3, 0.4) is 0 Å². The largest absolute Gasteiger partial charge is 0.313 e. The third-order valence-electron chi connectivity index (χ3n) is 7.72. The molecule has 2 atom stereocenters. The average molecular weight is 476 g/mol. The van der Waals surface area contributed by atoms with Gasteiger partial charge in [0.1, 0.15) is 5.69 Å². The van der Waals surface area contributed by atoms with Gasteiger partial charge in [-0.1, -0.05) is 75.4 Å². The Morgan fingerprint density at radius 1 is 0.941 bits per heavy atom. The van der Waals surface area contributed by atoms with Crippen LogP contribution in [-0.2, 0) is 0 Å². The predicted molar refractivity (Wildman–Crippen MR) is 139 cm³/mol. The Hall–Kier alpha value is -2.73. The van der Waals surface area contributed by atoms with Crippen LogP contribution < -0.4 is 4.80 Å². The fraction of sp³-hybridized carbons (Fsp3) is 0.464. The van der Waals surface area contributed by atoms with Crippen molar-refractivity contribution in [2.75, 3.05) is 0 Å². The van der Waals surface area contributed by atoms with Crippen molar-refractivity contribution in [2.45, 2.75) is 76.7 Å². The van der Waals surface area contributed by atoms with Gasteiger partial charge in [0.05, 0.1) is 10.6 Å². The van der Waals surface area contributed by atoms with Gasteiger partial charge in [0.15, 0.2) is 4.80 Å². The highest BCUT2D eigenvalue weighted by Gasteiger charge is 2.27. The summed E-state index contributed by atoms with van der Waals surface area (Å²) in [7, 11) is 0. The van der Waals surface area contributed by atoms with E-state index >= 15 is 0 Å². The summed E-state index contributed by atoms with van der Waals surface area (Å²) in [5.74, 6) is 1.24. The standard InChI is InChI=1S/C28H33N3O2S/c1-20-9-5-7-13-25(20)30-27(23-17-15-22(16-18-23)21-10-3-2-4-11-21)19-34-28(30)29-24-12-6-8-14-26(24)31(32)33/h6,8,12,14-21,25H,2-5,7,9-11,13H2,1H3. The number of hydrogen-bond donors (Lipinski definition) is 0. The molecular weight excluding hydrogens is 442 g/mol. The minimum absolute atomic E-state index is 0.0533. The van der Waals surface area contributed by atoms with E-state index in [0.29, 0.717) is 23.6 Å². The molecule has 34 heavy (non-hydrogen) atoms. The van der Waals surface area contributed by atoms with Crippen LogP contribution >= 0.6 is 11.3 Å². The normalized spacial score (nSPS) is 22.1. The van der Waals surface area contributed by atoms with Gasteiger partial charge in [0.2, 0.25) is 0 Å². The summed E-state index contributed by atoms with van der Waals surface area (Å²) in [5.41, 5.74) is 4.32. The number of nitro groups is 1. The highest BCUT2D eigenvalue weighted by Crippen LogP contribution is 2.38. The molecule has 178 valence electrons. The Balaban J connectivity index is 1.58. The zero-order valence-corrected chi connectivity index (χ0v) is 20.7. The highest BCUT2D eigenvalue weighted by molar-refractivity contribution is 7.07. The predicted octanol–water partition coefficient (Wildman–Crippen LogP) is 8.16. The molecule has 0 amide bonds. The molecule has 0 aliphatic heterocycles. The molecule has 3 aromatic rings. The molecule has 0 bridgehead atoms. The Labute approximate surface area is 205 Å². The highest BCUT2D eigenvalue weighted by atomic mass is 32.1. The molecule has 0 N–H and O–H groups in total. The maximum atomic E-state index is 11.6. The topological polar surface area (TPSA) is 60.4 Å². The lowest BCUT2D eigenvalue weighted by atomic mass is 9.83. The Morgan fingerprint density at radius 3 is 2.38 bits per heavy atom. The molecule has 0 spiro atoms. The SMILES string of the molecule is CC1CCCCC1n1c(-c2ccc(C3CCCCC3)cc2)csc1=Nc1ccccc1[N+](=O)[O-]. The van der Waals surface area contributed by atoms with E-state index < -0.39 is 0 Å². The second-order valence-electron chi connectivity index (χ2n) is 9.92. The maximum Gasteiger partial charge on any atom is 0.294 e. The minimum atomic E-state index is -0.342. The van der Waals surface area contributed by atoms with Crippen molar-refractivity contribution in [3.05, 3.63) is 74.4 Å². The van der Waals surface area contributed by atoms with E-state index in [1.54, 1.807) is 23.5 Å². The molecule has 2 unspecified atom stereocenters. The molecule has 1 aromatic heterocycles. The van der Waals surface area contributed by atoms with Crippen LogP contribution in [0.5, 0.6) is 0 Å². The molecule has 5 nitrogen and oxygen atoms in total. The number of benzene rings is 2. The maximum absolute atomic E-state index is 11.6. The summed E-state index contributed by atoms with van der Waals surface area (Å²) in [6, 6.07) is 16.3. The number of thiazole rings is 1. The van der Waals surface area contributed by atoms with Gasteiger partial charge < -0.3 is 4.57 Å². The van der Waals surface area contributed by atoms with Crippen LogP contribution in [0.4, 0.5) is 11.4 Å². The molecule has 2 aliphatic rings. The summed E-state index contributed by atoms with van der Waals surface area (Å²) < 4.78 is 2.38. The van der Waals surface area contributed by atoms with E-state index in [1.807, 2.05) is 6.07 Å². The lowest BCUT2D eigenvalue weighted by molar-refractivity contribution is -0.384. The lowest BCUT2D eigenvalue weighted by Crippen LogP contribution is -2.28. The Morgan fingerprint density at radius 2 is 1.65 bits per heavy atom. The van der Waals surface area contributed by atoms with Crippen molar-refractivity contribution in [1.82, 2.24) is 4.57 Å². The first-order chi connectivity index (χ1) is 16.6. The lowest BCUT2D eigenvalue weighted by Gasteiger charge is -2.31. The average Bonchev–Trinajstić information content (AvgIpc) is 3.28. The smallest absolute Gasteiger partial charge is 0.294 e. The van der Waals surface area contributed by atoms with Gasteiger partial charge in [-0.3, -0.25) is 10.1 Å². The van der Waals surface area contributed by atoms with Gasteiger partial charge in [-0.15, -0.1) is 11.3 Å². The van der Waals surface area contributed by atoms with E-state index in [-0.39, 0.29) is 10.6 Å². The van der Waals surface area contributed by atoms with Crippen molar-refractivity contribution in [2.24, 2.45) is 10.9 Å². The van der Waals surface area contributed by atoms with Crippen molar-refractivity contribution in [3.63, 3.8) is 0 Å².